The zero-order valence-electron chi connectivity index (χ0n) is 10.9. The molecule has 2 heterocycles. The van der Waals surface area contributed by atoms with Crippen molar-refractivity contribution in [3.8, 4) is 0 Å². The summed E-state index contributed by atoms with van der Waals surface area (Å²) in [6.07, 6.45) is 3.02. The molecule has 8 heteroatoms. The molecule has 0 aliphatic rings. The molecule has 3 N–H and O–H groups in total. The minimum atomic E-state index is -0.204. The highest BCUT2D eigenvalue weighted by atomic mass is 32.2. The Kier molecular flexibility index (Phi) is 4.20. The molecule has 0 aliphatic carbocycles. The highest BCUT2D eigenvalue weighted by Crippen LogP contribution is 2.28. The van der Waals surface area contributed by atoms with Gasteiger partial charge < -0.3 is 5.73 Å². The van der Waals surface area contributed by atoms with Crippen LogP contribution >= 0.6 is 11.8 Å². The molecule has 2 aromatic heterocycles. The van der Waals surface area contributed by atoms with Crippen LogP contribution in [0, 0.1) is 0 Å². The fraction of sp³-hybridized carbons (Fsp3) is 0.455. The van der Waals surface area contributed by atoms with E-state index in [1.807, 2.05) is 13.8 Å². The van der Waals surface area contributed by atoms with Gasteiger partial charge in [0, 0.05) is 12.1 Å². The van der Waals surface area contributed by atoms with Gasteiger partial charge in [0.25, 0.3) is 0 Å². The Balaban J connectivity index is 2.36. The first-order valence-electron chi connectivity index (χ1n) is 6.09. The van der Waals surface area contributed by atoms with E-state index in [2.05, 4.69) is 20.2 Å². The number of aromatic nitrogens is 5. The Hall–Kier alpha value is -1.83. The monoisotopic (exact) mass is 280 g/mol. The van der Waals surface area contributed by atoms with Crippen LogP contribution in [0.5, 0.6) is 0 Å². The van der Waals surface area contributed by atoms with Gasteiger partial charge in [-0.25, -0.2) is 19.9 Å². The number of nitrogens with zero attached hydrogens (tertiary/aromatic N) is 4. The minimum Gasteiger partial charge on any atom is -0.383 e. The van der Waals surface area contributed by atoms with Crippen molar-refractivity contribution in [2.75, 3.05) is 5.73 Å². The molecule has 19 heavy (non-hydrogen) atoms. The standard InChI is InChI=1S/C11H16N6OS/c1-3-5-17-10(18)15-16-11(17)19-9-7(4-2)8(12)13-6-14-9/h6H,3-5H2,1-2H3,(H,15,18)(H2,12,13,14). The van der Waals surface area contributed by atoms with Gasteiger partial charge in [-0.05, 0) is 24.6 Å². The van der Waals surface area contributed by atoms with Crippen molar-refractivity contribution in [3.63, 3.8) is 0 Å². The molecule has 0 saturated heterocycles. The lowest BCUT2D eigenvalue weighted by atomic mass is 10.2. The number of H-pyrrole nitrogens is 1. The number of nitrogens with two attached hydrogens (primary N) is 1. The largest absolute Gasteiger partial charge is 0.383 e. The highest BCUT2D eigenvalue weighted by molar-refractivity contribution is 7.99. The van der Waals surface area contributed by atoms with Crippen molar-refractivity contribution in [1.82, 2.24) is 24.7 Å². The smallest absolute Gasteiger partial charge is 0.343 e. The third-order valence-corrected chi connectivity index (χ3v) is 3.69. The molecule has 0 amide bonds. The lowest BCUT2D eigenvalue weighted by Crippen LogP contribution is -2.17. The first-order chi connectivity index (χ1) is 9.17. The Bertz CT molecular complexity index is 620. The second-order valence-electron chi connectivity index (χ2n) is 3.96. The van der Waals surface area contributed by atoms with Gasteiger partial charge in [-0.1, -0.05) is 13.8 Å². The van der Waals surface area contributed by atoms with Gasteiger partial charge in [-0.15, -0.1) is 5.10 Å². The molecule has 0 radical (unpaired) electrons. The van der Waals surface area contributed by atoms with Crippen LogP contribution in [0.1, 0.15) is 25.8 Å². The quantitative estimate of drug-likeness (QED) is 0.794. The molecule has 2 aromatic rings. The molecule has 0 fully saturated rings. The summed E-state index contributed by atoms with van der Waals surface area (Å²) in [6.45, 7) is 4.62. The third kappa shape index (κ3) is 2.78. The second-order valence-corrected chi connectivity index (χ2v) is 4.92. The van der Waals surface area contributed by atoms with E-state index in [1.165, 1.54) is 18.1 Å². The topological polar surface area (TPSA) is 102 Å². The first kappa shape index (κ1) is 13.6. The number of hydrogen-bond donors (Lipinski definition) is 2. The van der Waals surface area contributed by atoms with Crippen molar-refractivity contribution < 1.29 is 0 Å². The lowest BCUT2D eigenvalue weighted by Gasteiger charge is -2.08. The fourth-order valence-electron chi connectivity index (χ4n) is 1.72. The minimum absolute atomic E-state index is 0.204. The molecule has 7 nitrogen and oxygen atoms in total. The number of anilines is 1. The summed E-state index contributed by atoms with van der Waals surface area (Å²) in [5.41, 5.74) is 6.50. The van der Waals surface area contributed by atoms with E-state index in [0.29, 0.717) is 17.5 Å². The normalized spacial score (nSPS) is 10.8. The summed E-state index contributed by atoms with van der Waals surface area (Å²) in [6, 6.07) is 0. The number of rotatable bonds is 5. The number of aromatic amines is 1. The average molecular weight is 280 g/mol. The average Bonchev–Trinajstić information content (AvgIpc) is 2.72. The molecular formula is C11H16N6OS. The van der Waals surface area contributed by atoms with Gasteiger partial charge in [0.1, 0.15) is 17.2 Å². The molecular weight excluding hydrogens is 264 g/mol. The van der Waals surface area contributed by atoms with Crippen LogP contribution in [0.15, 0.2) is 21.3 Å². The zero-order chi connectivity index (χ0) is 13.8. The van der Waals surface area contributed by atoms with E-state index < -0.39 is 0 Å². The molecule has 0 aromatic carbocycles. The van der Waals surface area contributed by atoms with Gasteiger partial charge in [0.2, 0.25) is 0 Å². The van der Waals surface area contributed by atoms with E-state index in [4.69, 9.17) is 5.73 Å². The van der Waals surface area contributed by atoms with Gasteiger partial charge in [-0.2, -0.15) is 0 Å². The summed E-state index contributed by atoms with van der Waals surface area (Å²) < 4.78 is 1.60. The predicted octanol–water partition coefficient (Wildman–Crippen LogP) is 1.07. The molecule has 0 saturated carbocycles. The highest BCUT2D eigenvalue weighted by Gasteiger charge is 2.14. The Morgan fingerprint density at radius 2 is 2.21 bits per heavy atom. The maximum atomic E-state index is 11.6. The fourth-order valence-corrected chi connectivity index (χ4v) is 2.74. The number of nitrogens with one attached hydrogen (secondary N) is 1. The van der Waals surface area contributed by atoms with Crippen molar-refractivity contribution >= 4 is 17.6 Å². The van der Waals surface area contributed by atoms with Gasteiger partial charge in [0.05, 0.1) is 0 Å². The zero-order valence-corrected chi connectivity index (χ0v) is 11.7. The summed E-state index contributed by atoms with van der Waals surface area (Å²) >= 11 is 1.33. The van der Waals surface area contributed by atoms with Crippen molar-refractivity contribution in [2.45, 2.75) is 43.4 Å². The molecule has 0 bridgehead atoms. The van der Waals surface area contributed by atoms with Crippen LogP contribution in [0.3, 0.4) is 0 Å². The van der Waals surface area contributed by atoms with Crippen molar-refractivity contribution in [3.05, 3.63) is 22.4 Å². The Labute approximate surface area is 114 Å². The van der Waals surface area contributed by atoms with Crippen molar-refractivity contribution in [2.24, 2.45) is 0 Å². The summed E-state index contributed by atoms with van der Waals surface area (Å²) in [4.78, 5) is 19.8. The van der Waals surface area contributed by atoms with Crippen molar-refractivity contribution in [1.29, 1.82) is 0 Å². The van der Waals surface area contributed by atoms with Crippen LogP contribution in [0.25, 0.3) is 0 Å². The van der Waals surface area contributed by atoms with E-state index in [9.17, 15) is 4.79 Å². The van der Waals surface area contributed by atoms with Crippen LogP contribution < -0.4 is 11.4 Å². The second kappa shape index (κ2) is 5.87. The predicted molar refractivity (Wildman–Crippen MR) is 73.1 cm³/mol. The van der Waals surface area contributed by atoms with E-state index in [1.54, 1.807) is 4.57 Å². The Morgan fingerprint density at radius 3 is 2.89 bits per heavy atom. The van der Waals surface area contributed by atoms with E-state index in [-0.39, 0.29) is 5.69 Å². The molecule has 0 aliphatic heterocycles. The molecule has 102 valence electrons. The summed E-state index contributed by atoms with van der Waals surface area (Å²) in [7, 11) is 0. The summed E-state index contributed by atoms with van der Waals surface area (Å²) in [5.74, 6) is 0.472. The molecule has 0 unspecified atom stereocenters. The van der Waals surface area contributed by atoms with Crippen LogP contribution in [0.4, 0.5) is 5.82 Å². The van der Waals surface area contributed by atoms with Crippen LogP contribution in [-0.4, -0.2) is 24.7 Å². The molecule has 0 spiro atoms. The number of nitrogen functional groups attached to an aromatic ring is 1. The van der Waals surface area contributed by atoms with Gasteiger partial charge in [-0.3, -0.25) is 4.57 Å². The van der Waals surface area contributed by atoms with Gasteiger partial charge >= 0.3 is 5.69 Å². The molecule has 0 atom stereocenters. The third-order valence-electron chi connectivity index (χ3n) is 2.65. The maximum Gasteiger partial charge on any atom is 0.343 e. The number of hydrogen-bond acceptors (Lipinski definition) is 6. The summed E-state index contributed by atoms with van der Waals surface area (Å²) in [5, 5.41) is 7.82. The van der Waals surface area contributed by atoms with E-state index >= 15 is 0 Å². The maximum absolute atomic E-state index is 11.6. The molecule has 2 rings (SSSR count). The first-order valence-corrected chi connectivity index (χ1v) is 6.91. The van der Waals surface area contributed by atoms with Crippen LogP contribution in [0.2, 0.25) is 0 Å². The lowest BCUT2D eigenvalue weighted by molar-refractivity contribution is 0.603. The van der Waals surface area contributed by atoms with Gasteiger partial charge in [0.15, 0.2) is 5.16 Å². The van der Waals surface area contributed by atoms with Crippen LogP contribution in [-0.2, 0) is 13.0 Å². The SMILES string of the molecule is CCCn1c(Sc2ncnc(N)c2CC)n[nH]c1=O. The Morgan fingerprint density at radius 1 is 1.42 bits per heavy atom. The van der Waals surface area contributed by atoms with E-state index in [0.717, 1.165) is 23.4 Å².